The Morgan fingerprint density at radius 3 is 2.72 bits per heavy atom. The predicted octanol–water partition coefficient (Wildman–Crippen LogP) is 5.02. The molecule has 3 aromatic heterocycles. The van der Waals surface area contributed by atoms with E-state index in [1.54, 1.807) is 0 Å². The van der Waals surface area contributed by atoms with Crippen LogP contribution in [-0.4, -0.2) is 50.6 Å². The molecule has 0 spiro atoms. The average molecular weight is 544 g/mol. The molecule has 4 aromatic rings. The molecule has 10 heteroatoms. The maximum absolute atomic E-state index is 12.9. The molecule has 3 fully saturated rings. The van der Waals surface area contributed by atoms with Crippen molar-refractivity contribution in [2.75, 3.05) is 23.9 Å². The number of anilines is 2. The van der Waals surface area contributed by atoms with Crippen molar-refractivity contribution in [1.82, 2.24) is 24.9 Å². The van der Waals surface area contributed by atoms with Gasteiger partial charge >= 0.3 is 5.97 Å². The highest BCUT2D eigenvalue weighted by Gasteiger charge is 2.48. The second-order valence-electron chi connectivity index (χ2n) is 10.9. The Bertz CT molecular complexity index is 1550. The first-order valence-electron chi connectivity index (χ1n) is 13.6. The van der Waals surface area contributed by atoms with Crippen molar-refractivity contribution in [3.05, 3.63) is 59.0 Å². The van der Waals surface area contributed by atoms with Crippen molar-refractivity contribution in [1.29, 1.82) is 0 Å². The van der Waals surface area contributed by atoms with Gasteiger partial charge in [-0.1, -0.05) is 35.9 Å². The van der Waals surface area contributed by atoms with Crippen LogP contribution in [0.15, 0.2) is 42.7 Å². The molecule has 0 unspecified atom stereocenters. The van der Waals surface area contributed by atoms with Crippen molar-refractivity contribution >= 4 is 40.4 Å². The van der Waals surface area contributed by atoms with Crippen molar-refractivity contribution in [3.63, 3.8) is 0 Å². The summed E-state index contributed by atoms with van der Waals surface area (Å²) in [6.07, 6.45) is 8.67. The molecule has 9 nitrogen and oxygen atoms in total. The van der Waals surface area contributed by atoms with Crippen LogP contribution in [0, 0.1) is 17.8 Å². The number of aromatic amines is 1. The lowest BCUT2D eigenvalue weighted by Crippen LogP contribution is -2.51. The van der Waals surface area contributed by atoms with Gasteiger partial charge in [-0.3, -0.25) is 4.79 Å². The van der Waals surface area contributed by atoms with Crippen LogP contribution < -0.4 is 10.2 Å². The molecule has 0 amide bonds. The van der Waals surface area contributed by atoms with Crippen LogP contribution in [0.4, 0.5) is 11.6 Å². The van der Waals surface area contributed by atoms with Gasteiger partial charge in [-0.15, -0.1) is 0 Å². The van der Waals surface area contributed by atoms with E-state index in [0.717, 1.165) is 56.6 Å². The van der Waals surface area contributed by atoms with Crippen molar-refractivity contribution in [3.8, 4) is 11.4 Å². The van der Waals surface area contributed by atoms with E-state index in [0.29, 0.717) is 39.8 Å². The topological polar surface area (TPSA) is 109 Å². The number of H-pyrrole nitrogens is 1. The lowest BCUT2D eigenvalue weighted by atomic mass is 9.61. The number of aromatic nitrogens is 5. The number of rotatable bonds is 5. The molecule has 39 heavy (non-hydrogen) atoms. The first-order valence-corrected chi connectivity index (χ1v) is 14.0. The molecular formula is C29H30ClN7O2. The van der Waals surface area contributed by atoms with Crippen LogP contribution in [0.3, 0.4) is 0 Å². The summed E-state index contributed by atoms with van der Waals surface area (Å²) in [6.45, 7) is 1.62. The van der Waals surface area contributed by atoms with E-state index in [-0.39, 0.29) is 17.9 Å². The molecule has 8 rings (SSSR count). The summed E-state index contributed by atoms with van der Waals surface area (Å²) < 4.78 is 5.25. The third kappa shape index (κ3) is 4.38. The van der Waals surface area contributed by atoms with Gasteiger partial charge in [0, 0.05) is 31.4 Å². The van der Waals surface area contributed by atoms with Gasteiger partial charge in [-0.05, 0) is 55.1 Å². The quantitative estimate of drug-likeness (QED) is 0.338. The SMILES string of the molecule is COC(=O)[C@@H]1C2CCC(CC2)[C@H]1Nc1cc(N2CCc3ccccc3C2)nc(-c2c[nH]c3ncc(Cl)nc23)n1. The number of nitrogens with zero attached hydrogens (tertiary/aromatic N) is 5. The molecule has 2 N–H and O–H groups in total. The fraction of sp³-hybridized carbons (Fsp3) is 0.414. The number of carbonyl (C=O) groups excluding carboxylic acids is 1. The highest BCUT2D eigenvalue weighted by atomic mass is 35.5. The van der Waals surface area contributed by atoms with Gasteiger partial charge < -0.3 is 19.9 Å². The van der Waals surface area contributed by atoms with Gasteiger partial charge in [0.1, 0.15) is 22.3 Å². The monoisotopic (exact) mass is 543 g/mol. The number of benzene rings is 1. The average Bonchev–Trinajstić information content (AvgIpc) is 3.40. The highest BCUT2D eigenvalue weighted by molar-refractivity contribution is 6.29. The number of hydrogen-bond acceptors (Lipinski definition) is 8. The minimum atomic E-state index is -0.177. The minimum Gasteiger partial charge on any atom is -0.469 e. The van der Waals surface area contributed by atoms with E-state index in [1.165, 1.54) is 24.4 Å². The number of nitrogens with one attached hydrogen (secondary N) is 2. The lowest BCUT2D eigenvalue weighted by molar-refractivity contribution is -0.152. The number of halogens is 1. The third-order valence-corrected chi connectivity index (χ3v) is 8.95. The van der Waals surface area contributed by atoms with Crippen LogP contribution >= 0.6 is 11.6 Å². The molecule has 2 bridgehead atoms. The summed E-state index contributed by atoms with van der Waals surface area (Å²) in [5, 5.41) is 4.00. The fourth-order valence-corrected chi connectivity index (χ4v) is 6.96. The zero-order valence-electron chi connectivity index (χ0n) is 21.7. The zero-order chi connectivity index (χ0) is 26.5. The number of fused-ring (bicyclic) bond motifs is 5. The number of ether oxygens (including phenoxy) is 1. The van der Waals surface area contributed by atoms with Crippen molar-refractivity contribution in [2.24, 2.45) is 17.8 Å². The Kier molecular flexibility index (Phi) is 6.11. The van der Waals surface area contributed by atoms with Crippen LogP contribution in [-0.2, 0) is 22.5 Å². The second kappa shape index (κ2) is 9.79. The molecule has 4 aliphatic rings. The van der Waals surface area contributed by atoms with Gasteiger partial charge in [0.25, 0.3) is 0 Å². The summed E-state index contributed by atoms with van der Waals surface area (Å²) in [5.74, 6) is 2.49. The minimum absolute atomic E-state index is 0.0279. The Labute approximate surface area is 231 Å². The molecule has 0 radical (unpaired) electrons. The Balaban J connectivity index is 1.30. The number of methoxy groups -OCH3 is 1. The number of hydrogen-bond donors (Lipinski definition) is 2. The number of esters is 1. The van der Waals surface area contributed by atoms with Crippen LogP contribution in [0.25, 0.3) is 22.6 Å². The molecule has 0 saturated heterocycles. The molecule has 2 atom stereocenters. The zero-order valence-corrected chi connectivity index (χ0v) is 22.5. The smallest absolute Gasteiger partial charge is 0.311 e. The van der Waals surface area contributed by atoms with E-state index in [9.17, 15) is 4.79 Å². The Morgan fingerprint density at radius 1 is 1.10 bits per heavy atom. The van der Waals surface area contributed by atoms with Gasteiger partial charge in [0.15, 0.2) is 11.5 Å². The molecule has 1 aromatic carbocycles. The van der Waals surface area contributed by atoms with Crippen LogP contribution in [0.1, 0.15) is 36.8 Å². The van der Waals surface area contributed by atoms with Crippen molar-refractivity contribution in [2.45, 2.75) is 44.7 Å². The standard InChI is InChI=1S/C29H30ClN7O2/c1-39-29(38)24-17-6-8-18(9-7-17)25(24)34-22-12-23(37-11-10-16-4-2-3-5-19(16)15-37)36-27(35-22)20-13-31-28-26(20)33-21(30)14-32-28/h2-5,12-14,17-18,24-25H,6-11,15H2,1H3,(H,31,32)(H,34,35,36)/t17?,18?,24-,25-/m1/s1. The lowest BCUT2D eigenvalue weighted by Gasteiger charge is -2.47. The van der Waals surface area contributed by atoms with E-state index in [2.05, 4.69) is 49.4 Å². The largest absolute Gasteiger partial charge is 0.469 e. The van der Waals surface area contributed by atoms with Gasteiger partial charge in [0.2, 0.25) is 0 Å². The highest BCUT2D eigenvalue weighted by Crippen LogP contribution is 2.47. The number of carbonyl (C=O) groups is 1. The normalized spacial score (nSPS) is 24.0. The molecule has 3 saturated carbocycles. The van der Waals surface area contributed by atoms with Crippen LogP contribution in [0.2, 0.25) is 5.15 Å². The van der Waals surface area contributed by atoms with E-state index < -0.39 is 0 Å². The molecule has 4 heterocycles. The second-order valence-corrected chi connectivity index (χ2v) is 11.2. The van der Waals surface area contributed by atoms with Gasteiger partial charge in [0.05, 0.1) is 24.8 Å². The summed E-state index contributed by atoms with van der Waals surface area (Å²) in [4.78, 5) is 37.2. The first-order chi connectivity index (χ1) is 19.1. The predicted molar refractivity (Wildman–Crippen MR) is 149 cm³/mol. The third-order valence-electron chi connectivity index (χ3n) is 8.77. The van der Waals surface area contributed by atoms with Crippen LogP contribution in [0.5, 0.6) is 0 Å². The van der Waals surface area contributed by atoms with E-state index in [1.807, 2.05) is 12.3 Å². The van der Waals surface area contributed by atoms with E-state index in [4.69, 9.17) is 26.3 Å². The van der Waals surface area contributed by atoms with Gasteiger partial charge in [-0.2, -0.15) is 0 Å². The van der Waals surface area contributed by atoms with E-state index >= 15 is 0 Å². The van der Waals surface area contributed by atoms with Crippen molar-refractivity contribution < 1.29 is 9.53 Å². The fourth-order valence-electron chi connectivity index (χ4n) is 6.83. The summed E-state index contributed by atoms with van der Waals surface area (Å²) in [6, 6.07) is 10.5. The molecular weight excluding hydrogens is 514 g/mol. The summed E-state index contributed by atoms with van der Waals surface area (Å²) >= 11 is 6.20. The molecule has 200 valence electrons. The Hall–Kier alpha value is -3.72. The summed E-state index contributed by atoms with van der Waals surface area (Å²) in [7, 11) is 1.49. The molecule has 3 aliphatic carbocycles. The van der Waals surface area contributed by atoms with Gasteiger partial charge in [-0.25, -0.2) is 19.9 Å². The Morgan fingerprint density at radius 2 is 1.90 bits per heavy atom. The summed E-state index contributed by atoms with van der Waals surface area (Å²) in [5.41, 5.74) is 4.66. The first kappa shape index (κ1) is 24.3. The molecule has 1 aliphatic heterocycles. The maximum Gasteiger partial charge on any atom is 0.311 e. The maximum atomic E-state index is 12.9.